The summed E-state index contributed by atoms with van der Waals surface area (Å²) in [5, 5.41) is 6.58. The lowest BCUT2D eigenvalue weighted by Gasteiger charge is -2.08. The van der Waals surface area contributed by atoms with Crippen molar-refractivity contribution in [3.63, 3.8) is 0 Å². The molecule has 3 N–H and O–H groups in total. The van der Waals surface area contributed by atoms with Gasteiger partial charge in [-0.25, -0.2) is 0 Å². The summed E-state index contributed by atoms with van der Waals surface area (Å²) in [5.74, 6) is -0.331. The first-order chi connectivity index (χ1) is 11.6. The average Bonchev–Trinajstić information content (AvgIpc) is 3.05. The van der Waals surface area contributed by atoms with Crippen molar-refractivity contribution in [2.75, 3.05) is 11.9 Å². The number of H-pyrrole nitrogens is 1. The van der Waals surface area contributed by atoms with E-state index in [1.807, 2.05) is 30.5 Å². The zero-order chi connectivity index (χ0) is 16.9. The van der Waals surface area contributed by atoms with Crippen molar-refractivity contribution in [1.82, 2.24) is 10.3 Å². The first-order valence-corrected chi connectivity index (χ1v) is 8.32. The average molecular weight is 386 g/mol. The molecule has 0 atom stereocenters. The molecule has 0 fully saturated rings. The van der Waals surface area contributed by atoms with Crippen LogP contribution in [0, 0.1) is 0 Å². The van der Waals surface area contributed by atoms with Crippen LogP contribution in [-0.4, -0.2) is 23.3 Å². The van der Waals surface area contributed by atoms with Crippen LogP contribution in [-0.2, 0) is 4.79 Å². The zero-order valence-corrected chi connectivity index (χ0v) is 14.4. The molecule has 24 heavy (non-hydrogen) atoms. The number of anilines is 1. The smallest absolute Gasteiger partial charge is 0.251 e. The van der Waals surface area contributed by atoms with Crippen molar-refractivity contribution < 1.29 is 9.59 Å². The van der Waals surface area contributed by atoms with E-state index in [-0.39, 0.29) is 24.8 Å². The minimum atomic E-state index is -0.192. The summed E-state index contributed by atoms with van der Waals surface area (Å²) in [4.78, 5) is 27.1. The molecule has 1 heterocycles. The van der Waals surface area contributed by atoms with Gasteiger partial charge >= 0.3 is 0 Å². The number of carbonyl (C=O) groups is 2. The zero-order valence-electron chi connectivity index (χ0n) is 12.8. The van der Waals surface area contributed by atoms with Crippen molar-refractivity contribution >= 4 is 44.3 Å². The van der Waals surface area contributed by atoms with Crippen molar-refractivity contribution in [2.24, 2.45) is 0 Å². The highest BCUT2D eigenvalue weighted by Crippen LogP contribution is 2.22. The second-order valence-corrected chi connectivity index (χ2v) is 6.22. The molecular weight excluding hydrogens is 370 g/mol. The largest absolute Gasteiger partial charge is 0.361 e. The van der Waals surface area contributed by atoms with Gasteiger partial charge in [0.2, 0.25) is 5.91 Å². The van der Waals surface area contributed by atoms with Crippen molar-refractivity contribution in [3.05, 3.63) is 64.8 Å². The molecule has 0 unspecified atom stereocenters. The fourth-order valence-corrected chi connectivity index (χ4v) is 2.66. The maximum absolute atomic E-state index is 12.1. The first kappa shape index (κ1) is 16.3. The summed E-state index contributed by atoms with van der Waals surface area (Å²) in [6.07, 6.45) is 2.04. The number of benzene rings is 2. The number of rotatable bonds is 5. The van der Waals surface area contributed by atoms with Gasteiger partial charge in [-0.05, 0) is 42.5 Å². The second kappa shape index (κ2) is 7.31. The lowest BCUT2D eigenvalue weighted by molar-refractivity contribution is -0.116. The Balaban J connectivity index is 1.51. The molecule has 5 nitrogen and oxygen atoms in total. The Kier molecular flexibility index (Phi) is 4.96. The van der Waals surface area contributed by atoms with Gasteiger partial charge in [0.1, 0.15) is 0 Å². The number of aromatic nitrogens is 1. The topological polar surface area (TPSA) is 74.0 Å². The Morgan fingerprint density at radius 2 is 1.83 bits per heavy atom. The maximum atomic E-state index is 12.1. The number of amides is 2. The molecule has 0 bridgehead atoms. The summed E-state index contributed by atoms with van der Waals surface area (Å²) < 4.78 is 0.914. The summed E-state index contributed by atoms with van der Waals surface area (Å²) >= 11 is 3.33. The number of nitrogens with one attached hydrogen (secondary N) is 3. The van der Waals surface area contributed by atoms with Crippen molar-refractivity contribution in [1.29, 1.82) is 0 Å². The monoisotopic (exact) mass is 385 g/mol. The lowest BCUT2D eigenvalue weighted by Crippen LogP contribution is -2.27. The van der Waals surface area contributed by atoms with E-state index >= 15 is 0 Å². The van der Waals surface area contributed by atoms with Crippen LogP contribution in [0.15, 0.2) is 59.2 Å². The highest BCUT2D eigenvalue weighted by molar-refractivity contribution is 9.10. The Labute approximate surface area is 147 Å². The third-order valence-electron chi connectivity index (χ3n) is 3.61. The van der Waals surface area contributed by atoms with E-state index in [4.69, 9.17) is 0 Å². The van der Waals surface area contributed by atoms with Crippen LogP contribution >= 0.6 is 15.9 Å². The molecule has 6 heteroatoms. The van der Waals surface area contributed by atoms with Crippen LogP contribution in [0.4, 0.5) is 5.69 Å². The van der Waals surface area contributed by atoms with Gasteiger partial charge < -0.3 is 15.6 Å². The molecular formula is C18H16BrN3O2. The van der Waals surface area contributed by atoms with Crippen LogP contribution in [0.2, 0.25) is 0 Å². The van der Waals surface area contributed by atoms with E-state index in [0.29, 0.717) is 5.56 Å². The third kappa shape index (κ3) is 3.83. The van der Waals surface area contributed by atoms with Gasteiger partial charge in [0, 0.05) is 40.1 Å². The van der Waals surface area contributed by atoms with Crippen LogP contribution in [0.5, 0.6) is 0 Å². The lowest BCUT2D eigenvalue weighted by atomic mass is 10.2. The summed E-state index contributed by atoms with van der Waals surface area (Å²) in [6.45, 7) is 0.282. The van der Waals surface area contributed by atoms with Gasteiger partial charge in [-0.1, -0.05) is 22.0 Å². The fraction of sp³-hybridized carbons (Fsp3) is 0.111. The SMILES string of the molecule is O=C(CCNC(=O)c1ccc(Br)cc1)Nc1cccc2[nH]ccc12. The van der Waals surface area contributed by atoms with Crippen molar-refractivity contribution in [3.8, 4) is 0 Å². The summed E-state index contributed by atoms with van der Waals surface area (Å²) in [5.41, 5.74) is 2.30. The van der Waals surface area contributed by atoms with Gasteiger partial charge in [-0.2, -0.15) is 0 Å². The molecule has 0 aliphatic heterocycles. The molecule has 1 aromatic heterocycles. The summed E-state index contributed by atoms with van der Waals surface area (Å²) in [7, 11) is 0. The molecule has 0 aliphatic rings. The molecule has 3 rings (SSSR count). The third-order valence-corrected chi connectivity index (χ3v) is 4.14. The fourth-order valence-electron chi connectivity index (χ4n) is 2.40. The maximum Gasteiger partial charge on any atom is 0.251 e. The molecule has 122 valence electrons. The van der Waals surface area contributed by atoms with Gasteiger partial charge in [0.05, 0.1) is 5.69 Å². The Morgan fingerprint density at radius 1 is 1.04 bits per heavy atom. The number of hydrogen-bond donors (Lipinski definition) is 3. The van der Waals surface area contributed by atoms with Gasteiger partial charge in [-0.3, -0.25) is 9.59 Å². The van der Waals surface area contributed by atoms with Crippen LogP contribution in [0.1, 0.15) is 16.8 Å². The van der Waals surface area contributed by atoms with Gasteiger partial charge in [0.15, 0.2) is 0 Å². The minimum absolute atomic E-state index is 0.139. The number of hydrogen-bond acceptors (Lipinski definition) is 2. The van der Waals surface area contributed by atoms with E-state index in [1.165, 1.54) is 0 Å². The summed E-state index contributed by atoms with van der Waals surface area (Å²) in [6, 6.07) is 14.7. The Bertz CT molecular complexity index is 871. The number of carbonyl (C=O) groups excluding carboxylic acids is 2. The molecule has 0 saturated heterocycles. The quantitative estimate of drug-likeness (QED) is 0.626. The highest BCUT2D eigenvalue weighted by Gasteiger charge is 2.08. The Morgan fingerprint density at radius 3 is 2.62 bits per heavy atom. The normalized spacial score (nSPS) is 10.5. The molecule has 2 amide bonds. The minimum Gasteiger partial charge on any atom is -0.361 e. The van der Waals surface area contributed by atoms with E-state index in [2.05, 4.69) is 31.5 Å². The van der Waals surface area contributed by atoms with Crippen LogP contribution < -0.4 is 10.6 Å². The van der Waals surface area contributed by atoms with Crippen molar-refractivity contribution in [2.45, 2.75) is 6.42 Å². The molecule has 2 aromatic carbocycles. The van der Waals surface area contributed by atoms with Gasteiger partial charge in [-0.15, -0.1) is 0 Å². The molecule has 0 aliphatic carbocycles. The first-order valence-electron chi connectivity index (χ1n) is 7.53. The number of fused-ring (bicyclic) bond motifs is 1. The standard InChI is InChI=1S/C18H16BrN3O2/c19-13-6-4-12(5-7-13)18(24)21-11-9-17(23)22-16-3-1-2-15-14(16)8-10-20-15/h1-8,10,20H,9,11H2,(H,21,24)(H,22,23). The number of halogens is 1. The van der Waals surface area contributed by atoms with E-state index < -0.39 is 0 Å². The van der Waals surface area contributed by atoms with Gasteiger partial charge in [0.25, 0.3) is 5.91 Å². The number of aromatic amines is 1. The van der Waals surface area contributed by atoms with Crippen LogP contribution in [0.3, 0.4) is 0 Å². The molecule has 0 radical (unpaired) electrons. The predicted molar refractivity (Wildman–Crippen MR) is 98.0 cm³/mol. The van der Waals surface area contributed by atoms with Crippen LogP contribution in [0.25, 0.3) is 10.9 Å². The van der Waals surface area contributed by atoms with E-state index in [1.54, 1.807) is 24.3 Å². The Hall–Kier alpha value is -2.60. The molecule has 3 aromatic rings. The molecule has 0 spiro atoms. The predicted octanol–water partition coefficient (Wildman–Crippen LogP) is 3.69. The van der Waals surface area contributed by atoms with E-state index in [0.717, 1.165) is 21.1 Å². The molecule has 0 saturated carbocycles. The highest BCUT2D eigenvalue weighted by atomic mass is 79.9. The van der Waals surface area contributed by atoms with E-state index in [9.17, 15) is 9.59 Å². The second-order valence-electron chi connectivity index (χ2n) is 5.31.